The number of phenols is 1. The van der Waals surface area contributed by atoms with Crippen molar-refractivity contribution in [2.45, 2.75) is 26.2 Å². The van der Waals surface area contributed by atoms with Crippen molar-refractivity contribution in [1.82, 2.24) is 0 Å². The number of hydrogen-bond donors (Lipinski definition) is 1. The number of benzene rings is 2. The van der Waals surface area contributed by atoms with Crippen molar-refractivity contribution in [3.8, 4) is 5.75 Å². The fourth-order valence-electron chi connectivity index (χ4n) is 1.88. The molecule has 2 aromatic carbocycles. The Hall–Kier alpha value is -1.51. The summed E-state index contributed by atoms with van der Waals surface area (Å²) in [6.45, 7) is 6.49. The summed E-state index contributed by atoms with van der Waals surface area (Å²) in [5.41, 5.74) is 2.65. The second-order valence-electron chi connectivity index (χ2n) is 5.88. The molecule has 0 saturated heterocycles. The Labute approximate surface area is 135 Å². The van der Waals surface area contributed by atoms with Crippen LogP contribution >= 0.6 is 23.2 Å². The van der Waals surface area contributed by atoms with Crippen LogP contribution in [0.4, 0.5) is 5.69 Å². The van der Waals surface area contributed by atoms with Gasteiger partial charge in [0.2, 0.25) is 0 Å². The lowest BCUT2D eigenvalue weighted by Gasteiger charge is -2.18. The Morgan fingerprint density at radius 3 is 2.24 bits per heavy atom. The van der Waals surface area contributed by atoms with E-state index in [1.807, 2.05) is 12.1 Å². The van der Waals surface area contributed by atoms with Crippen molar-refractivity contribution >= 4 is 35.1 Å². The molecule has 0 amide bonds. The zero-order valence-electron chi connectivity index (χ0n) is 12.2. The van der Waals surface area contributed by atoms with Crippen LogP contribution in [0.5, 0.6) is 5.75 Å². The Kier molecular flexibility index (Phi) is 4.60. The van der Waals surface area contributed by atoms with Crippen LogP contribution < -0.4 is 0 Å². The molecule has 110 valence electrons. The summed E-state index contributed by atoms with van der Waals surface area (Å²) in [4.78, 5) is 4.34. The van der Waals surface area contributed by atoms with E-state index in [-0.39, 0.29) is 16.2 Å². The zero-order chi connectivity index (χ0) is 15.6. The lowest BCUT2D eigenvalue weighted by atomic mass is 9.87. The van der Waals surface area contributed by atoms with Crippen LogP contribution in [0.2, 0.25) is 10.0 Å². The third kappa shape index (κ3) is 3.99. The quantitative estimate of drug-likeness (QED) is 0.702. The summed E-state index contributed by atoms with van der Waals surface area (Å²) in [5.74, 6) is -0.0175. The van der Waals surface area contributed by atoms with Gasteiger partial charge in [0.15, 0.2) is 0 Å². The largest absolute Gasteiger partial charge is 0.506 e. The Bertz CT molecular complexity index is 670. The fraction of sp³-hybridized carbons (Fsp3) is 0.235. The summed E-state index contributed by atoms with van der Waals surface area (Å²) < 4.78 is 0. The predicted octanol–water partition coefficient (Wildman–Crippen LogP) is 5.75. The van der Waals surface area contributed by atoms with Crippen molar-refractivity contribution in [1.29, 1.82) is 0 Å². The molecule has 0 bridgehead atoms. The molecular formula is C17H17Cl2NO. The molecule has 2 rings (SSSR count). The second-order valence-corrected chi connectivity index (χ2v) is 6.72. The first-order valence-corrected chi connectivity index (χ1v) is 7.35. The van der Waals surface area contributed by atoms with E-state index in [0.29, 0.717) is 10.6 Å². The molecule has 0 aliphatic carbocycles. The molecule has 2 aromatic rings. The Morgan fingerprint density at radius 2 is 1.67 bits per heavy atom. The molecule has 1 N–H and O–H groups in total. The van der Waals surface area contributed by atoms with E-state index in [2.05, 4.69) is 37.9 Å². The van der Waals surface area contributed by atoms with Crippen LogP contribution in [0.3, 0.4) is 0 Å². The molecule has 21 heavy (non-hydrogen) atoms. The van der Waals surface area contributed by atoms with Crippen LogP contribution in [-0.4, -0.2) is 11.3 Å². The zero-order valence-corrected chi connectivity index (χ0v) is 13.7. The molecule has 0 aromatic heterocycles. The van der Waals surface area contributed by atoms with Gasteiger partial charge in [0.05, 0.1) is 10.7 Å². The Morgan fingerprint density at radius 1 is 1.05 bits per heavy atom. The van der Waals surface area contributed by atoms with Crippen molar-refractivity contribution in [3.63, 3.8) is 0 Å². The van der Waals surface area contributed by atoms with Gasteiger partial charge < -0.3 is 5.11 Å². The number of nitrogens with zero attached hydrogens (tertiary/aromatic N) is 1. The van der Waals surface area contributed by atoms with Crippen LogP contribution in [-0.2, 0) is 5.41 Å². The molecule has 0 spiro atoms. The monoisotopic (exact) mass is 321 g/mol. The van der Waals surface area contributed by atoms with Gasteiger partial charge in [-0.05, 0) is 35.2 Å². The average Bonchev–Trinajstić information content (AvgIpc) is 2.40. The first-order chi connectivity index (χ1) is 9.77. The lowest BCUT2D eigenvalue weighted by molar-refractivity contribution is 0.475. The lowest BCUT2D eigenvalue weighted by Crippen LogP contribution is -2.10. The highest BCUT2D eigenvalue weighted by Gasteiger charge is 2.12. The predicted molar refractivity (Wildman–Crippen MR) is 90.5 cm³/mol. The second kappa shape index (κ2) is 6.08. The number of halogens is 2. The minimum absolute atomic E-state index is 0.0175. The van der Waals surface area contributed by atoms with E-state index in [0.717, 1.165) is 5.69 Å². The third-order valence-electron chi connectivity index (χ3n) is 3.14. The summed E-state index contributed by atoms with van der Waals surface area (Å²) in [5, 5.41) is 10.5. The summed E-state index contributed by atoms with van der Waals surface area (Å²) >= 11 is 11.8. The van der Waals surface area contributed by atoms with Crippen molar-refractivity contribution in [2.24, 2.45) is 4.99 Å². The van der Waals surface area contributed by atoms with E-state index in [1.54, 1.807) is 12.3 Å². The van der Waals surface area contributed by atoms with Crippen LogP contribution in [0.1, 0.15) is 31.9 Å². The van der Waals surface area contributed by atoms with Crippen LogP contribution in [0.15, 0.2) is 41.4 Å². The molecule has 0 saturated carbocycles. The number of rotatable bonds is 2. The van der Waals surface area contributed by atoms with E-state index in [4.69, 9.17) is 23.2 Å². The summed E-state index contributed by atoms with van der Waals surface area (Å²) in [7, 11) is 0. The molecule has 0 unspecified atom stereocenters. The normalized spacial score (nSPS) is 12.0. The standard InChI is InChI=1S/C17H17Cl2NO/c1-17(2,3)12-4-6-14(7-5-12)20-10-11-8-13(18)9-15(19)16(11)21/h4-10,21H,1-3H3. The highest BCUT2D eigenvalue weighted by atomic mass is 35.5. The van der Waals surface area contributed by atoms with Gasteiger partial charge in [-0.2, -0.15) is 0 Å². The number of aliphatic imine (C=N–C) groups is 1. The van der Waals surface area contributed by atoms with E-state index < -0.39 is 0 Å². The molecule has 0 aliphatic rings. The van der Waals surface area contributed by atoms with Gasteiger partial charge in [-0.15, -0.1) is 0 Å². The van der Waals surface area contributed by atoms with Gasteiger partial charge >= 0.3 is 0 Å². The average molecular weight is 322 g/mol. The minimum atomic E-state index is -0.0175. The number of phenolic OH excluding ortho intramolecular Hbond substituents is 1. The fourth-order valence-corrected chi connectivity index (χ4v) is 2.39. The molecule has 0 aliphatic heterocycles. The molecule has 2 nitrogen and oxygen atoms in total. The first-order valence-electron chi connectivity index (χ1n) is 6.60. The van der Waals surface area contributed by atoms with Gasteiger partial charge in [-0.3, -0.25) is 4.99 Å². The molecule has 4 heteroatoms. The van der Waals surface area contributed by atoms with E-state index in [1.165, 1.54) is 11.6 Å². The highest BCUT2D eigenvalue weighted by Crippen LogP contribution is 2.30. The van der Waals surface area contributed by atoms with Gasteiger partial charge in [-0.1, -0.05) is 56.1 Å². The molecule has 0 fully saturated rings. The number of aromatic hydroxyl groups is 1. The van der Waals surface area contributed by atoms with Crippen LogP contribution in [0, 0.1) is 0 Å². The molecule has 0 radical (unpaired) electrons. The van der Waals surface area contributed by atoms with Crippen molar-refractivity contribution in [2.75, 3.05) is 0 Å². The maximum Gasteiger partial charge on any atom is 0.143 e. The van der Waals surface area contributed by atoms with E-state index >= 15 is 0 Å². The van der Waals surface area contributed by atoms with Gasteiger partial charge in [0.25, 0.3) is 0 Å². The summed E-state index contributed by atoms with van der Waals surface area (Å²) in [6.07, 6.45) is 1.55. The van der Waals surface area contributed by atoms with Gasteiger partial charge in [-0.25, -0.2) is 0 Å². The summed E-state index contributed by atoms with van der Waals surface area (Å²) in [6, 6.07) is 11.1. The number of hydrogen-bond acceptors (Lipinski definition) is 2. The van der Waals surface area contributed by atoms with Gasteiger partial charge in [0, 0.05) is 16.8 Å². The van der Waals surface area contributed by atoms with Crippen molar-refractivity contribution < 1.29 is 5.11 Å². The van der Waals surface area contributed by atoms with Crippen LogP contribution in [0.25, 0.3) is 0 Å². The molecular weight excluding hydrogens is 305 g/mol. The van der Waals surface area contributed by atoms with E-state index in [9.17, 15) is 5.11 Å². The molecule has 0 atom stereocenters. The molecule has 0 heterocycles. The highest BCUT2D eigenvalue weighted by molar-refractivity contribution is 6.36. The maximum atomic E-state index is 9.87. The van der Waals surface area contributed by atoms with Gasteiger partial charge in [0.1, 0.15) is 5.75 Å². The van der Waals surface area contributed by atoms with Crippen molar-refractivity contribution in [3.05, 3.63) is 57.6 Å². The maximum absolute atomic E-state index is 9.87. The third-order valence-corrected chi connectivity index (χ3v) is 3.65. The minimum Gasteiger partial charge on any atom is -0.506 e. The Balaban J connectivity index is 2.26. The SMILES string of the molecule is CC(C)(C)c1ccc(N=Cc2cc(Cl)cc(Cl)c2O)cc1. The smallest absolute Gasteiger partial charge is 0.143 e. The first kappa shape index (κ1) is 15.9. The topological polar surface area (TPSA) is 32.6 Å².